The molecular formula is C28H32N2O4S. The molecule has 6 nitrogen and oxygen atoms in total. The monoisotopic (exact) mass is 492 g/mol. The van der Waals surface area contributed by atoms with E-state index in [9.17, 15) is 13.2 Å². The second-order valence-corrected chi connectivity index (χ2v) is 11.7. The average Bonchev–Trinajstić information content (AvgIpc) is 2.77. The van der Waals surface area contributed by atoms with E-state index in [0.717, 1.165) is 28.0 Å². The third-order valence-corrected chi connectivity index (χ3v) is 7.43. The van der Waals surface area contributed by atoms with E-state index < -0.39 is 10.0 Å². The van der Waals surface area contributed by atoms with Gasteiger partial charge in [0.25, 0.3) is 5.91 Å². The molecular weight excluding hydrogens is 460 g/mol. The zero-order valence-electron chi connectivity index (χ0n) is 20.8. The van der Waals surface area contributed by atoms with E-state index >= 15 is 0 Å². The van der Waals surface area contributed by atoms with Crippen molar-refractivity contribution in [2.75, 3.05) is 10.6 Å². The molecule has 0 bridgehead atoms. The van der Waals surface area contributed by atoms with Crippen LogP contribution in [0.1, 0.15) is 58.9 Å². The summed E-state index contributed by atoms with van der Waals surface area (Å²) >= 11 is 0. The van der Waals surface area contributed by atoms with Crippen LogP contribution in [0.25, 0.3) is 0 Å². The highest BCUT2D eigenvalue weighted by molar-refractivity contribution is 7.92. The van der Waals surface area contributed by atoms with Crippen LogP contribution in [0.5, 0.6) is 5.75 Å². The molecule has 0 unspecified atom stereocenters. The summed E-state index contributed by atoms with van der Waals surface area (Å²) in [5.41, 5.74) is 4.38. The average molecular weight is 493 g/mol. The van der Waals surface area contributed by atoms with E-state index in [1.165, 1.54) is 10.6 Å². The van der Waals surface area contributed by atoms with E-state index in [1.54, 1.807) is 12.1 Å². The number of para-hydroxylation sites is 2. The molecule has 0 radical (unpaired) electrons. The predicted octanol–water partition coefficient (Wildman–Crippen LogP) is 5.30. The van der Waals surface area contributed by atoms with Gasteiger partial charge in [0.1, 0.15) is 11.4 Å². The first-order valence-electron chi connectivity index (χ1n) is 11.7. The lowest BCUT2D eigenvalue weighted by molar-refractivity contribution is 0.0619. The van der Waals surface area contributed by atoms with Gasteiger partial charge in [-0.3, -0.25) is 9.10 Å². The number of carbonyl (C=O) groups is 1. The van der Waals surface area contributed by atoms with Crippen molar-refractivity contribution in [2.24, 2.45) is 0 Å². The first kappa shape index (κ1) is 24.8. The van der Waals surface area contributed by atoms with Crippen molar-refractivity contribution in [2.45, 2.75) is 52.3 Å². The fraction of sp³-hybridized carbons (Fsp3) is 0.321. The Bertz CT molecular complexity index is 1330. The lowest BCUT2D eigenvalue weighted by Gasteiger charge is -2.37. The lowest BCUT2D eigenvalue weighted by Crippen LogP contribution is -2.41. The number of hydrogen-bond acceptors (Lipinski definition) is 4. The van der Waals surface area contributed by atoms with Gasteiger partial charge in [-0.15, -0.1) is 0 Å². The molecule has 1 aliphatic rings. The standard InChI is InChI=1S/C28H32N2O4S/c1-19-9-8-10-20(2)26(19)30(35(5,32)33)18-21-13-15-22(16-14-21)27(31)29-24-17-28(3,4)34-25-12-7-6-11-23(24)25/h6-16,24H,17-18H2,1-5H3,(H,29,31)/t24-/m1/s1. The minimum Gasteiger partial charge on any atom is -0.487 e. The maximum Gasteiger partial charge on any atom is 0.251 e. The van der Waals surface area contributed by atoms with Gasteiger partial charge in [0.2, 0.25) is 10.0 Å². The van der Waals surface area contributed by atoms with Gasteiger partial charge in [0, 0.05) is 17.5 Å². The maximum absolute atomic E-state index is 13.1. The third-order valence-electron chi connectivity index (χ3n) is 6.31. The number of benzene rings is 3. The molecule has 1 atom stereocenters. The number of nitrogens with one attached hydrogen (secondary N) is 1. The van der Waals surface area contributed by atoms with Gasteiger partial charge in [-0.05, 0) is 62.6 Å². The maximum atomic E-state index is 13.1. The predicted molar refractivity (Wildman–Crippen MR) is 139 cm³/mol. The Balaban J connectivity index is 1.53. The van der Waals surface area contributed by atoms with Gasteiger partial charge in [0.05, 0.1) is 24.5 Å². The van der Waals surface area contributed by atoms with Crippen molar-refractivity contribution in [3.63, 3.8) is 0 Å². The summed E-state index contributed by atoms with van der Waals surface area (Å²) in [5.74, 6) is 0.612. The van der Waals surface area contributed by atoms with Crippen LogP contribution in [0.2, 0.25) is 0 Å². The fourth-order valence-electron chi connectivity index (χ4n) is 4.66. The van der Waals surface area contributed by atoms with E-state index in [2.05, 4.69) is 5.32 Å². The third kappa shape index (κ3) is 5.51. The minimum absolute atomic E-state index is 0.160. The van der Waals surface area contributed by atoms with Crippen LogP contribution in [0, 0.1) is 13.8 Å². The zero-order chi connectivity index (χ0) is 25.4. The number of rotatable bonds is 6. The van der Waals surface area contributed by atoms with E-state index in [-0.39, 0.29) is 24.1 Å². The van der Waals surface area contributed by atoms with Gasteiger partial charge < -0.3 is 10.1 Å². The molecule has 184 valence electrons. The summed E-state index contributed by atoms with van der Waals surface area (Å²) < 4.78 is 32.8. The van der Waals surface area contributed by atoms with Crippen molar-refractivity contribution in [1.29, 1.82) is 0 Å². The smallest absolute Gasteiger partial charge is 0.251 e. The van der Waals surface area contributed by atoms with E-state index in [0.29, 0.717) is 17.7 Å². The number of fused-ring (bicyclic) bond motifs is 1. The van der Waals surface area contributed by atoms with E-state index in [1.807, 2.05) is 82.3 Å². The highest BCUT2D eigenvalue weighted by atomic mass is 32.2. The molecule has 3 aromatic rings. The Morgan fingerprint density at radius 2 is 1.63 bits per heavy atom. The number of ether oxygens (including phenoxy) is 1. The van der Waals surface area contributed by atoms with E-state index in [4.69, 9.17) is 4.74 Å². The quantitative estimate of drug-likeness (QED) is 0.507. The molecule has 0 aliphatic carbocycles. The zero-order valence-corrected chi connectivity index (χ0v) is 21.6. The van der Waals surface area contributed by atoms with Gasteiger partial charge in [0.15, 0.2) is 0 Å². The Morgan fingerprint density at radius 1 is 1.00 bits per heavy atom. The number of nitrogens with zero attached hydrogens (tertiary/aromatic N) is 1. The second-order valence-electron chi connectivity index (χ2n) is 9.84. The van der Waals surface area contributed by atoms with Crippen molar-refractivity contribution in [3.8, 4) is 5.75 Å². The molecule has 0 spiro atoms. The van der Waals surface area contributed by atoms with Crippen LogP contribution < -0.4 is 14.4 Å². The van der Waals surface area contributed by atoms with Crippen LogP contribution >= 0.6 is 0 Å². The molecule has 0 fully saturated rings. The van der Waals surface area contributed by atoms with Crippen molar-refractivity contribution in [1.82, 2.24) is 5.32 Å². The highest BCUT2D eigenvalue weighted by Crippen LogP contribution is 2.39. The Kier molecular flexibility index (Phi) is 6.64. The summed E-state index contributed by atoms with van der Waals surface area (Å²) in [4.78, 5) is 13.1. The molecule has 3 aromatic carbocycles. The number of aryl methyl sites for hydroxylation is 2. The van der Waals surface area contributed by atoms with Gasteiger partial charge in [-0.1, -0.05) is 48.5 Å². The molecule has 7 heteroatoms. The van der Waals surface area contributed by atoms with Crippen molar-refractivity contribution < 1.29 is 17.9 Å². The van der Waals surface area contributed by atoms with Crippen LogP contribution in [0.4, 0.5) is 5.69 Å². The number of hydrogen-bond donors (Lipinski definition) is 1. The van der Waals surface area contributed by atoms with Gasteiger partial charge in [-0.2, -0.15) is 0 Å². The molecule has 0 aromatic heterocycles. The molecule has 35 heavy (non-hydrogen) atoms. The summed E-state index contributed by atoms with van der Waals surface area (Å²) in [6, 6.07) is 20.4. The van der Waals surface area contributed by atoms with Crippen molar-refractivity contribution in [3.05, 3.63) is 94.5 Å². The normalized spacial score (nSPS) is 16.7. The number of amides is 1. The second kappa shape index (κ2) is 9.38. The molecule has 0 saturated carbocycles. The SMILES string of the molecule is Cc1cccc(C)c1N(Cc1ccc(C(=O)N[C@@H]2CC(C)(C)Oc3ccccc32)cc1)S(C)(=O)=O. The lowest BCUT2D eigenvalue weighted by atomic mass is 9.89. The Morgan fingerprint density at radius 3 is 2.26 bits per heavy atom. The highest BCUT2D eigenvalue weighted by Gasteiger charge is 2.34. The molecule has 1 amide bonds. The Hall–Kier alpha value is -3.32. The molecule has 1 N–H and O–H groups in total. The van der Waals surface area contributed by atoms with Crippen LogP contribution in [-0.4, -0.2) is 26.2 Å². The number of sulfonamides is 1. The van der Waals surface area contributed by atoms with Gasteiger partial charge >= 0.3 is 0 Å². The summed E-state index contributed by atoms with van der Waals surface area (Å²) in [6.45, 7) is 8.03. The minimum atomic E-state index is -3.50. The largest absolute Gasteiger partial charge is 0.487 e. The molecule has 0 saturated heterocycles. The molecule has 1 aliphatic heterocycles. The van der Waals surface area contributed by atoms with Crippen LogP contribution in [0.15, 0.2) is 66.7 Å². The number of carbonyl (C=O) groups excluding carboxylic acids is 1. The summed E-state index contributed by atoms with van der Waals surface area (Å²) in [6.07, 6.45) is 1.88. The summed E-state index contributed by atoms with van der Waals surface area (Å²) in [7, 11) is -3.50. The first-order valence-corrected chi connectivity index (χ1v) is 13.5. The van der Waals surface area contributed by atoms with Gasteiger partial charge in [-0.25, -0.2) is 8.42 Å². The fourth-order valence-corrected chi connectivity index (χ4v) is 5.66. The Labute approximate surface area is 208 Å². The number of anilines is 1. The summed E-state index contributed by atoms with van der Waals surface area (Å²) in [5, 5.41) is 3.15. The molecule has 1 heterocycles. The van der Waals surface area contributed by atoms with Crippen molar-refractivity contribution >= 4 is 21.6 Å². The van der Waals surface area contributed by atoms with Crippen LogP contribution in [0.3, 0.4) is 0 Å². The molecule has 4 rings (SSSR count). The topological polar surface area (TPSA) is 75.7 Å². The van der Waals surface area contributed by atoms with Crippen LogP contribution in [-0.2, 0) is 16.6 Å². The first-order chi connectivity index (χ1) is 16.4.